The Morgan fingerprint density at radius 2 is 2.30 bits per heavy atom. The minimum absolute atomic E-state index is 0.0952. The van der Waals surface area contributed by atoms with E-state index in [2.05, 4.69) is 10.6 Å². The molecule has 0 bridgehead atoms. The van der Waals surface area contributed by atoms with Crippen molar-refractivity contribution in [1.29, 1.82) is 0 Å². The van der Waals surface area contributed by atoms with E-state index in [-0.39, 0.29) is 12.5 Å². The Morgan fingerprint density at radius 3 is 3.15 bits per heavy atom. The molecular weight excluding hydrogens is 256 g/mol. The lowest BCUT2D eigenvalue weighted by Gasteiger charge is -2.30. The van der Waals surface area contributed by atoms with Crippen molar-refractivity contribution >= 4 is 17.3 Å². The van der Waals surface area contributed by atoms with Crippen LogP contribution in [0.4, 0.5) is 11.4 Å². The minimum atomic E-state index is -0.105. The quantitative estimate of drug-likeness (QED) is 0.890. The standard InChI is InChI=1S/C15H20N2O3/c1-19-12-4-2-3-10(7-12)16-11-5-6-14-13(8-11)17-15(18)9-20-14/h5-6,8,10,12,16H,2-4,7,9H2,1H3,(H,17,18). The van der Waals surface area contributed by atoms with Crippen molar-refractivity contribution in [3.8, 4) is 5.75 Å². The maximum absolute atomic E-state index is 11.3. The monoisotopic (exact) mass is 276 g/mol. The fourth-order valence-electron chi connectivity index (χ4n) is 2.90. The summed E-state index contributed by atoms with van der Waals surface area (Å²) in [6, 6.07) is 6.25. The van der Waals surface area contributed by atoms with E-state index in [1.54, 1.807) is 7.11 Å². The molecule has 0 radical (unpaired) electrons. The van der Waals surface area contributed by atoms with Crippen molar-refractivity contribution in [1.82, 2.24) is 0 Å². The molecule has 0 aromatic heterocycles. The Labute approximate surface area is 118 Å². The van der Waals surface area contributed by atoms with E-state index in [1.165, 1.54) is 6.42 Å². The van der Waals surface area contributed by atoms with Gasteiger partial charge in [0.1, 0.15) is 5.75 Å². The maximum atomic E-state index is 11.3. The highest BCUT2D eigenvalue weighted by molar-refractivity contribution is 5.96. The average Bonchev–Trinajstić information content (AvgIpc) is 2.47. The molecule has 20 heavy (non-hydrogen) atoms. The molecule has 1 aliphatic carbocycles. The topological polar surface area (TPSA) is 59.6 Å². The highest BCUT2D eigenvalue weighted by Crippen LogP contribution is 2.32. The largest absolute Gasteiger partial charge is 0.482 e. The molecule has 2 N–H and O–H groups in total. The molecule has 3 rings (SSSR count). The number of hydrogen-bond donors (Lipinski definition) is 2. The molecule has 108 valence electrons. The summed E-state index contributed by atoms with van der Waals surface area (Å²) in [5.41, 5.74) is 1.75. The van der Waals surface area contributed by atoms with Gasteiger partial charge in [0.25, 0.3) is 5.91 Å². The summed E-state index contributed by atoms with van der Waals surface area (Å²) < 4.78 is 10.8. The first-order chi connectivity index (χ1) is 9.74. The van der Waals surface area contributed by atoms with Crippen molar-refractivity contribution in [3.05, 3.63) is 18.2 Å². The van der Waals surface area contributed by atoms with Crippen LogP contribution in [0.1, 0.15) is 25.7 Å². The van der Waals surface area contributed by atoms with E-state index in [0.29, 0.717) is 12.1 Å². The van der Waals surface area contributed by atoms with Gasteiger partial charge in [0.05, 0.1) is 11.8 Å². The number of nitrogens with one attached hydrogen (secondary N) is 2. The number of fused-ring (bicyclic) bond motifs is 1. The van der Waals surface area contributed by atoms with Gasteiger partial charge in [-0.2, -0.15) is 0 Å². The van der Waals surface area contributed by atoms with E-state index in [0.717, 1.165) is 36.4 Å². The van der Waals surface area contributed by atoms with Gasteiger partial charge in [0, 0.05) is 18.8 Å². The van der Waals surface area contributed by atoms with Crippen molar-refractivity contribution in [2.75, 3.05) is 24.4 Å². The lowest BCUT2D eigenvalue weighted by atomic mass is 9.92. The molecule has 2 unspecified atom stereocenters. The molecule has 1 aromatic rings. The normalized spacial score (nSPS) is 25.4. The summed E-state index contributed by atoms with van der Waals surface area (Å²) in [4.78, 5) is 11.3. The molecular formula is C15H20N2O3. The zero-order valence-electron chi connectivity index (χ0n) is 11.6. The lowest BCUT2D eigenvalue weighted by molar-refractivity contribution is -0.118. The zero-order valence-corrected chi connectivity index (χ0v) is 11.6. The van der Waals surface area contributed by atoms with Gasteiger partial charge in [-0.3, -0.25) is 4.79 Å². The van der Waals surface area contributed by atoms with Crippen LogP contribution >= 0.6 is 0 Å². The molecule has 1 aromatic carbocycles. The first-order valence-electron chi connectivity index (χ1n) is 7.10. The van der Waals surface area contributed by atoms with Crippen LogP contribution in [0.2, 0.25) is 0 Å². The third-order valence-electron chi connectivity index (χ3n) is 3.94. The van der Waals surface area contributed by atoms with Crippen LogP contribution in [-0.4, -0.2) is 31.8 Å². The summed E-state index contributed by atoms with van der Waals surface area (Å²) in [7, 11) is 1.78. The molecule has 1 heterocycles. The number of carbonyl (C=O) groups excluding carboxylic acids is 1. The molecule has 1 fully saturated rings. The second kappa shape index (κ2) is 5.71. The zero-order chi connectivity index (χ0) is 13.9. The predicted molar refractivity (Wildman–Crippen MR) is 77.2 cm³/mol. The number of methoxy groups -OCH3 is 1. The summed E-state index contributed by atoms with van der Waals surface area (Å²) in [6.45, 7) is 0.0952. The Bertz CT molecular complexity index is 504. The number of benzene rings is 1. The third-order valence-corrected chi connectivity index (χ3v) is 3.94. The number of ether oxygens (including phenoxy) is 2. The van der Waals surface area contributed by atoms with Crippen molar-refractivity contribution in [2.24, 2.45) is 0 Å². The van der Waals surface area contributed by atoms with Crippen LogP contribution in [0.5, 0.6) is 5.75 Å². The van der Waals surface area contributed by atoms with Gasteiger partial charge in [-0.1, -0.05) is 0 Å². The van der Waals surface area contributed by atoms with Gasteiger partial charge in [-0.15, -0.1) is 0 Å². The molecule has 1 saturated carbocycles. The van der Waals surface area contributed by atoms with Crippen LogP contribution in [0.3, 0.4) is 0 Å². The van der Waals surface area contributed by atoms with Gasteiger partial charge in [0.2, 0.25) is 0 Å². The molecule has 1 amide bonds. The molecule has 0 spiro atoms. The number of amides is 1. The van der Waals surface area contributed by atoms with E-state index < -0.39 is 0 Å². The smallest absolute Gasteiger partial charge is 0.262 e. The van der Waals surface area contributed by atoms with E-state index in [9.17, 15) is 4.79 Å². The molecule has 5 nitrogen and oxygen atoms in total. The van der Waals surface area contributed by atoms with Gasteiger partial charge < -0.3 is 20.1 Å². The minimum Gasteiger partial charge on any atom is -0.482 e. The summed E-state index contributed by atoms with van der Waals surface area (Å²) in [5.74, 6) is 0.625. The Balaban J connectivity index is 1.68. The fourth-order valence-corrected chi connectivity index (χ4v) is 2.90. The van der Waals surface area contributed by atoms with E-state index in [1.807, 2.05) is 18.2 Å². The lowest BCUT2D eigenvalue weighted by Crippen LogP contribution is -2.31. The van der Waals surface area contributed by atoms with Gasteiger partial charge in [-0.25, -0.2) is 0 Å². The van der Waals surface area contributed by atoms with Crippen LogP contribution in [0.15, 0.2) is 18.2 Å². The van der Waals surface area contributed by atoms with Crippen LogP contribution in [0.25, 0.3) is 0 Å². The Morgan fingerprint density at radius 1 is 1.40 bits per heavy atom. The highest BCUT2D eigenvalue weighted by atomic mass is 16.5. The summed E-state index contributed by atoms with van der Waals surface area (Å²) in [5, 5.41) is 6.35. The van der Waals surface area contributed by atoms with Crippen molar-refractivity contribution in [3.63, 3.8) is 0 Å². The average molecular weight is 276 g/mol. The van der Waals surface area contributed by atoms with Gasteiger partial charge >= 0.3 is 0 Å². The van der Waals surface area contributed by atoms with Crippen LogP contribution in [-0.2, 0) is 9.53 Å². The summed E-state index contributed by atoms with van der Waals surface area (Å²) >= 11 is 0. The third kappa shape index (κ3) is 2.88. The second-order valence-corrected chi connectivity index (χ2v) is 5.41. The number of anilines is 2. The molecule has 2 aliphatic rings. The fraction of sp³-hybridized carbons (Fsp3) is 0.533. The highest BCUT2D eigenvalue weighted by Gasteiger charge is 2.22. The number of rotatable bonds is 3. The predicted octanol–water partition coefficient (Wildman–Crippen LogP) is 2.39. The second-order valence-electron chi connectivity index (χ2n) is 5.41. The van der Waals surface area contributed by atoms with Gasteiger partial charge in [0.15, 0.2) is 6.61 Å². The maximum Gasteiger partial charge on any atom is 0.262 e. The molecule has 1 aliphatic heterocycles. The van der Waals surface area contributed by atoms with Crippen LogP contribution < -0.4 is 15.4 Å². The SMILES string of the molecule is COC1CCCC(Nc2ccc3c(c2)NC(=O)CO3)C1. The Kier molecular flexibility index (Phi) is 3.78. The van der Waals surface area contributed by atoms with Crippen LogP contribution in [0, 0.1) is 0 Å². The van der Waals surface area contributed by atoms with Crippen molar-refractivity contribution < 1.29 is 14.3 Å². The Hall–Kier alpha value is -1.75. The number of carbonyl (C=O) groups is 1. The molecule has 0 saturated heterocycles. The van der Waals surface area contributed by atoms with E-state index >= 15 is 0 Å². The molecule has 5 heteroatoms. The number of hydrogen-bond acceptors (Lipinski definition) is 4. The summed E-state index contributed by atoms with van der Waals surface area (Å²) in [6.07, 6.45) is 4.85. The van der Waals surface area contributed by atoms with Gasteiger partial charge in [-0.05, 0) is 43.9 Å². The molecule has 2 atom stereocenters. The van der Waals surface area contributed by atoms with Crippen molar-refractivity contribution in [2.45, 2.75) is 37.8 Å². The van der Waals surface area contributed by atoms with E-state index in [4.69, 9.17) is 9.47 Å². The first kappa shape index (κ1) is 13.2. The first-order valence-corrected chi connectivity index (χ1v) is 7.10.